The van der Waals surface area contributed by atoms with Crippen LogP contribution < -0.4 is 10.1 Å². The molecule has 0 radical (unpaired) electrons. The zero-order chi connectivity index (χ0) is 27.6. The molecule has 4 rings (SSSR count). The maximum atomic E-state index is 13.0. The van der Waals surface area contributed by atoms with Crippen molar-refractivity contribution < 1.29 is 14.3 Å². The quantitative estimate of drug-likeness (QED) is 0.162. The van der Waals surface area contributed by atoms with Crippen molar-refractivity contribution >= 4 is 29.1 Å². The van der Waals surface area contributed by atoms with E-state index in [2.05, 4.69) is 24.9 Å². The van der Waals surface area contributed by atoms with Crippen LogP contribution in [0.5, 0.6) is 5.88 Å². The lowest BCUT2D eigenvalue weighted by atomic mass is 9.95. The Labute approximate surface area is 229 Å². The number of aryl methyl sites for hydroxylation is 1. The Hall–Kier alpha value is -3.90. The fourth-order valence-electron chi connectivity index (χ4n) is 4.92. The monoisotopic (exact) mass is 529 g/mol. The summed E-state index contributed by atoms with van der Waals surface area (Å²) in [6.45, 7) is 7.74. The molecule has 0 bridgehead atoms. The van der Waals surface area contributed by atoms with E-state index in [0.717, 1.165) is 40.8 Å². The molecule has 1 aromatic heterocycles. The number of nitrogens with one attached hydrogen (secondary N) is 1. The van der Waals surface area contributed by atoms with Crippen molar-refractivity contribution in [2.45, 2.75) is 32.6 Å². The van der Waals surface area contributed by atoms with Gasteiger partial charge in [-0.1, -0.05) is 61.5 Å². The van der Waals surface area contributed by atoms with E-state index in [-0.39, 0.29) is 5.57 Å². The van der Waals surface area contributed by atoms with Crippen molar-refractivity contribution in [3.8, 4) is 28.3 Å². The van der Waals surface area contributed by atoms with E-state index in [1.54, 1.807) is 27.3 Å². The van der Waals surface area contributed by atoms with Gasteiger partial charge in [-0.25, -0.2) is 4.98 Å². The number of ether oxygens (including phenoxy) is 1. The first-order valence-corrected chi connectivity index (χ1v) is 12.9. The number of fused-ring (bicyclic) bond motifs is 1. The molecule has 0 saturated heterocycles. The lowest BCUT2D eigenvalue weighted by molar-refractivity contribution is -0.127. The SMILES string of the molecule is C=C/C=C(/C(=O)Nc1cccc(-c2cccc(-c3cc4c(c(OC)n3)C(C)CC4)c2Cl)c1C)C(=O)N(C)C. The van der Waals surface area contributed by atoms with Gasteiger partial charge in [-0.2, -0.15) is 0 Å². The summed E-state index contributed by atoms with van der Waals surface area (Å²) in [5.74, 6) is 0.158. The molecule has 0 saturated carbocycles. The molecular formula is C31H32ClN3O3. The fraction of sp³-hybridized carbons (Fsp3) is 0.258. The molecule has 0 spiro atoms. The van der Waals surface area contributed by atoms with Crippen molar-refractivity contribution in [2.75, 3.05) is 26.5 Å². The number of hydrogen-bond acceptors (Lipinski definition) is 4. The first kappa shape index (κ1) is 27.1. The highest BCUT2D eigenvalue weighted by Gasteiger charge is 2.26. The Bertz CT molecular complexity index is 1460. The predicted molar refractivity (Wildman–Crippen MR) is 154 cm³/mol. The van der Waals surface area contributed by atoms with Gasteiger partial charge in [0.25, 0.3) is 11.8 Å². The minimum absolute atomic E-state index is 0.000725. The van der Waals surface area contributed by atoms with E-state index in [0.29, 0.717) is 22.5 Å². The number of carbonyl (C=O) groups is 2. The van der Waals surface area contributed by atoms with Crippen LogP contribution in [0.15, 0.2) is 66.8 Å². The van der Waals surface area contributed by atoms with Crippen LogP contribution in [0.4, 0.5) is 5.69 Å². The molecule has 2 amide bonds. The van der Waals surface area contributed by atoms with E-state index < -0.39 is 11.8 Å². The van der Waals surface area contributed by atoms with Crippen LogP contribution in [0, 0.1) is 6.92 Å². The van der Waals surface area contributed by atoms with Gasteiger partial charge in [0, 0.05) is 36.5 Å². The minimum Gasteiger partial charge on any atom is -0.481 e. The van der Waals surface area contributed by atoms with E-state index in [1.165, 1.54) is 28.2 Å². The molecule has 1 atom stereocenters. The van der Waals surface area contributed by atoms with Gasteiger partial charge in [0.15, 0.2) is 0 Å². The molecule has 7 heteroatoms. The van der Waals surface area contributed by atoms with Gasteiger partial charge in [0.1, 0.15) is 5.57 Å². The third-order valence-electron chi connectivity index (χ3n) is 6.95. The van der Waals surface area contributed by atoms with Gasteiger partial charge in [-0.3, -0.25) is 9.59 Å². The topological polar surface area (TPSA) is 71.5 Å². The minimum atomic E-state index is -0.507. The van der Waals surface area contributed by atoms with E-state index in [9.17, 15) is 9.59 Å². The lowest BCUT2D eigenvalue weighted by Gasteiger charge is -2.17. The second kappa shape index (κ2) is 11.2. The molecule has 1 heterocycles. The number of hydrogen-bond donors (Lipinski definition) is 1. The standard InChI is InChI=1S/C31H32ClN3O3/c1-7-10-24(31(37)35(4)5)29(36)33-25-14-9-11-21(19(25)3)22-12-8-13-23(28(22)32)26-17-20-16-15-18(2)27(20)30(34-26)38-6/h7-14,17-18H,1,15-16H2,2-6H3,(H,33,36)/b24-10-. The van der Waals surface area contributed by atoms with Gasteiger partial charge in [0.05, 0.1) is 17.8 Å². The van der Waals surface area contributed by atoms with E-state index in [4.69, 9.17) is 21.3 Å². The van der Waals surface area contributed by atoms with Gasteiger partial charge in [0.2, 0.25) is 5.88 Å². The second-order valence-electron chi connectivity index (χ2n) is 9.64. The van der Waals surface area contributed by atoms with E-state index in [1.807, 2.05) is 37.3 Å². The summed E-state index contributed by atoms with van der Waals surface area (Å²) in [4.78, 5) is 31.7. The average molecular weight is 530 g/mol. The van der Waals surface area contributed by atoms with E-state index >= 15 is 0 Å². The van der Waals surface area contributed by atoms with Crippen molar-refractivity contribution in [1.29, 1.82) is 0 Å². The van der Waals surface area contributed by atoms with Crippen LogP contribution in [0.1, 0.15) is 36.0 Å². The van der Waals surface area contributed by atoms with Gasteiger partial charge >= 0.3 is 0 Å². The Kier molecular flexibility index (Phi) is 8.02. The normalized spacial score (nSPS) is 14.6. The number of carbonyl (C=O) groups excluding carboxylic acids is 2. The van der Waals surface area contributed by atoms with Crippen LogP contribution in [-0.2, 0) is 16.0 Å². The molecular weight excluding hydrogens is 498 g/mol. The van der Waals surface area contributed by atoms with Crippen LogP contribution in [0.3, 0.4) is 0 Å². The first-order valence-electron chi connectivity index (χ1n) is 12.5. The largest absolute Gasteiger partial charge is 0.481 e. The maximum absolute atomic E-state index is 13.0. The summed E-state index contributed by atoms with van der Waals surface area (Å²) < 4.78 is 5.65. The predicted octanol–water partition coefficient (Wildman–Crippen LogP) is 6.57. The number of rotatable bonds is 7. The molecule has 0 fully saturated rings. The molecule has 1 aliphatic rings. The van der Waals surface area contributed by atoms with Crippen molar-refractivity contribution in [1.82, 2.24) is 9.88 Å². The zero-order valence-corrected chi connectivity index (χ0v) is 23.1. The molecule has 196 valence electrons. The number of pyridine rings is 1. The summed E-state index contributed by atoms with van der Waals surface area (Å²) in [6.07, 6.45) is 4.90. The second-order valence-corrected chi connectivity index (χ2v) is 10.0. The van der Waals surface area contributed by atoms with Gasteiger partial charge in [-0.05, 0) is 60.6 Å². The van der Waals surface area contributed by atoms with Crippen molar-refractivity contribution in [3.63, 3.8) is 0 Å². The number of anilines is 1. The highest BCUT2D eigenvalue weighted by Crippen LogP contribution is 2.43. The first-order chi connectivity index (χ1) is 18.2. The summed E-state index contributed by atoms with van der Waals surface area (Å²) in [7, 11) is 4.85. The molecule has 1 N–H and O–H groups in total. The average Bonchev–Trinajstić information content (AvgIpc) is 3.28. The van der Waals surface area contributed by atoms with Crippen LogP contribution in [0.25, 0.3) is 22.4 Å². The molecule has 38 heavy (non-hydrogen) atoms. The Balaban J connectivity index is 1.73. The molecule has 1 aliphatic carbocycles. The Morgan fingerprint density at radius 3 is 2.53 bits per heavy atom. The third kappa shape index (κ3) is 5.09. The summed E-state index contributed by atoms with van der Waals surface area (Å²) >= 11 is 7.01. The number of likely N-dealkylation sites (N-methyl/N-ethyl adjacent to an activating group) is 1. The summed E-state index contributed by atoms with van der Waals surface area (Å²) in [6, 6.07) is 13.6. The molecule has 2 aromatic carbocycles. The lowest BCUT2D eigenvalue weighted by Crippen LogP contribution is -2.30. The number of amides is 2. The van der Waals surface area contributed by atoms with Crippen molar-refractivity contribution in [3.05, 3.63) is 88.5 Å². The van der Waals surface area contributed by atoms with Crippen LogP contribution in [0.2, 0.25) is 5.02 Å². The summed E-state index contributed by atoms with van der Waals surface area (Å²) in [5.41, 5.74) is 7.10. The molecule has 3 aromatic rings. The maximum Gasteiger partial charge on any atom is 0.261 e. The Morgan fingerprint density at radius 2 is 1.84 bits per heavy atom. The van der Waals surface area contributed by atoms with Gasteiger partial charge < -0.3 is 15.0 Å². The highest BCUT2D eigenvalue weighted by atomic mass is 35.5. The molecule has 6 nitrogen and oxygen atoms in total. The summed E-state index contributed by atoms with van der Waals surface area (Å²) in [5, 5.41) is 3.44. The number of aromatic nitrogens is 1. The van der Waals surface area contributed by atoms with Crippen molar-refractivity contribution in [2.24, 2.45) is 0 Å². The number of allylic oxidation sites excluding steroid dienone is 2. The van der Waals surface area contributed by atoms with Crippen LogP contribution in [-0.4, -0.2) is 42.9 Å². The molecule has 1 unspecified atom stereocenters. The smallest absolute Gasteiger partial charge is 0.261 e. The highest BCUT2D eigenvalue weighted by molar-refractivity contribution is 6.36. The van der Waals surface area contributed by atoms with Crippen LogP contribution >= 0.6 is 11.6 Å². The van der Waals surface area contributed by atoms with Gasteiger partial charge in [-0.15, -0.1) is 0 Å². The molecule has 0 aliphatic heterocycles. The fourth-order valence-corrected chi connectivity index (χ4v) is 5.24. The number of halogens is 1. The Morgan fingerprint density at radius 1 is 1.16 bits per heavy atom. The number of benzene rings is 2. The number of methoxy groups -OCH3 is 1. The zero-order valence-electron chi connectivity index (χ0n) is 22.4. The third-order valence-corrected chi connectivity index (χ3v) is 7.36. The number of nitrogens with zero attached hydrogens (tertiary/aromatic N) is 2.